The van der Waals surface area contributed by atoms with E-state index in [1.807, 2.05) is 31.2 Å². The lowest BCUT2D eigenvalue weighted by Gasteiger charge is -2.38. The summed E-state index contributed by atoms with van der Waals surface area (Å²) in [7, 11) is 1.36. The average Bonchev–Trinajstić information content (AvgIpc) is 2.85. The summed E-state index contributed by atoms with van der Waals surface area (Å²) in [5.74, 6) is 0.154. The number of carbonyl (C=O) groups excluding carboxylic acids is 2. The van der Waals surface area contributed by atoms with Crippen LogP contribution in [0.2, 0.25) is 0 Å². The molecule has 2 heterocycles. The van der Waals surface area contributed by atoms with Gasteiger partial charge < -0.3 is 25.0 Å². The van der Waals surface area contributed by atoms with Crippen LogP contribution in [0.5, 0.6) is 5.75 Å². The van der Waals surface area contributed by atoms with Crippen LogP contribution in [0, 0.1) is 6.92 Å². The number of urea groups is 1. The number of hydrogen-bond acceptors (Lipinski definition) is 6. The molecule has 1 fully saturated rings. The number of nitrogens with one attached hydrogen (secondary N) is 2. The summed E-state index contributed by atoms with van der Waals surface area (Å²) >= 11 is 0. The minimum atomic E-state index is -0.659. The van der Waals surface area contributed by atoms with Crippen molar-refractivity contribution < 1.29 is 19.1 Å². The van der Waals surface area contributed by atoms with Gasteiger partial charge in [-0.05, 0) is 32.0 Å². The van der Waals surface area contributed by atoms with Gasteiger partial charge in [0.1, 0.15) is 5.75 Å². The summed E-state index contributed by atoms with van der Waals surface area (Å²) in [5.41, 5.74) is 4.14. The van der Waals surface area contributed by atoms with Gasteiger partial charge in [-0.2, -0.15) is 0 Å². The standard InChI is InChI=1S/C26H32N4O4/c1-4-34-22-8-6-5-7-20(22)24-23(25(31)33-3)21(27-26(32)28-24)17-29-13-15-30(16-14-29)19-11-9-18(2)10-12-19/h5-12,24H,4,13-17H2,1-3H3,(H2,27,28,32). The molecule has 0 aliphatic carbocycles. The first-order valence-corrected chi connectivity index (χ1v) is 11.6. The molecule has 2 amide bonds. The number of para-hydroxylation sites is 1. The van der Waals surface area contributed by atoms with Crippen molar-refractivity contribution in [2.75, 3.05) is 51.3 Å². The van der Waals surface area contributed by atoms with Crippen molar-refractivity contribution in [1.82, 2.24) is 15.5 Å². The highest BCUT2D eigenvalue weighted by Gasteiger charge is 2.35. The van der Waals surface area contributed by atoms with E-state index in [0.717, 1.165) is 31.7 Å². The Kier molecular flexibility index (Phi) is 7.37. The molecule has 2 aliphatic heterocycles. The topological polar surface area (TPSA) is 83.1 Å². The third kappa shape index (κ3) is 5.17. The second-order valence-corrected chi connectivity index (χ2v) is 8.48. The molecule has 0 bridgehead atoms. The Morgan fingerprint density at radius 2 is 1.76 bits per heavy atom. The monoisotopic (exact) mass is 464 g/mol. The third-order valence-corrected chi connectivity index (χ3v) is 6.24. The Labute approximate surface area is 200 Å². The first-order chi connectivity index (χ1) is 16.5. The fraction of sp³-hybridized carbons (Fsp3) is 0.385. The molecule has 0 saturated carbocycles. The van der Waals surface area contributed by atoms with Gasteiger partial charge in [-0.3, -0.25) is 4.90 Å². The van der Waals surface area contributed by atoms with Gasteiger partial charge in [0.15, 0.2) is 0 Å². The van der Waals surface area contributed by atoms with Crippen LogP contribution >= 0.6 is 0 Å². The minimum absolute atomic E-state index is 0.350. The van der Waals surface area contributed by atoms with E-state index in [9.17, 15) is 9.59 Å². The van der Waals surface area contributed by atoms with Crippen LogP contribution in [-0.4, -0.2) is 63.3 Å². The van der Waals surface area contributed by atoms with E-state index in [0.29, 0.717) is 30.2 Å². The van der Waals surface area contributed by atoms with Crippen LogP contribution in [0.25, 0.3) is 0 Å². The third-order valence-electron chi connectivity index (χ3n) is 6.24. The highest BCUT2D eigenvalue weighted by Crippen LogP contribution is 2.34. The number of methoxy groups -OCH3 is 1. The lowest BCUT2D eigenvalue weighted by molar-refractivity contribution is -0.136. The number of aryl methyl sites for hydroxylation is 1. The largest absolute Gasteiger partial charge is 0.494 e. The molecule has 0 radical (unpaired) electrons. The molecule has 34 heavy (non-hydrogen) atoms. The van der Waals surface area contributed by atoms with Crippen molar-refractivity contribution in [3.63, 3.8) is 0 Å². The highest BCUT2D eigenvalue weighted by atomic mass is 16.5. The van der Waals surface area contributed by atoms with Crippen LogP contribution in [0.1, 0.15) is 24.1 Å². The van der Waals surface area contributed by atoms with Gasteiger partial charge in [-0.15, -0.1) is 0 Å². The van der Waals surface area contributed by atoms with Gasteiger partial charge in [-0.1, -0.05) is 35.9 Å². The molecule has 8 heteroatoms. The molecule has 1 unspecified atom stereocenters. The second-order valence-electron chi connectivity index (χ2n) is 8.48. The Morgan fingerprint density at radius 3 is 2.44 bits per heavy atom. The lowest BCUT2D eigenvalue weighted by atomic mass is 9.94. The van der Waals surface area contributed by atoms with Gasteiger partial charge in [0, 0.05) is 49.7 Å². The number of nitrogens with zero attached hydrogens (tertiary/aromatic N) is 2. The number of rotatable bonds is 7. The van der Waals surface area contributed by atoms with Crippen LogP contribution in [0.15, 0.2) is 59.8 Å². The zero-order valence-corrected chi connectivity index (χ0v) is 20.0. The van der Waals surface area contributed by atoms with Crippen LogP contribution in [-0.2, 0) is 9.53 Å². The molecule has 2 aliphatic rings. The SMILES string of the molecule is CCOc1ccccc1C1NC(=O)NC(CN2CCN(c3ccc(C)cc3)CC2)=C1C(=O)OC. The number of hydrogen-bond donors (Lipinski definition) is 2. The summed E-state index contributed by atoms with van der Waals surface area (Å²) in [6.45, 7) is 8.28. The zero-order valence-electron chi connectivity index (χ0n) is 20.0. The maximum atomic E-state index is 12.9. The first kappa shape index (κ1) is 23.6. The van der Waals surface area contributed by atoms with Crippen molar-refractivity contribution in [3.8, 4) is 5.75 Å². The van der Waals surface area contributed by atoms with E-state index in [1.54, 1.807) is 0 Å². The number of benzene rings is 2. The van der Waals surface area contributed by atoms with Gasteiger partial charge in [0.25, 0.3) is 0 Å². The number of anilines is 1. The molecular weight excluding hydrogens is 432 g/mol. The number of piperazine rings is 1. The van der Waals surface area contributed by atoms with Crippen molar-refractivity contribution in [3.05, 3.63) is 70.9 Å². The number of ether oxygens (including phenoxy) is 2. The fourth-order valence-electron chi connectivity index (χ4n) is 4.48. The Balaban J connectivity index is 1.57. The molecule has 1 saturated heterocycles. The van der Waals surface area contributed by atoms with E-state index in [-0.39, 0.29) is 6.03 Å². The van der Waals surface area contributed by atoms with Crippen LogP contribution in [0.3, 0.4) is 0 Å². The highest BCUT2D eigenvalue weighted by molar-refractivity contribution is 5.95. The predicted molar refractivity (Wildman–Crippen MR) is 131 cm³/mol. The molecule has 2 N–H and O–H groups in total. The molecule has 180 valence electrons. The van der Waals surface area contributed by atoms with Gasteiger partial charge >= 0.3 is 12.0 Å². The van der Waals surface area contributed by atoms with Gasteiger partial charge in [0.05, 0.1) is 25.3 Å². The lowest BCUT2D eigenvalue weighted by Crippen LogP contribution is -2.51. The zero-order chi connectivity index (χ0) is 24.1. The quantitative estimate of drug-likeness (QED) is 0.613. The summed E-state index contributed by atoms with van der Waals surface area (Å²) in [6, 6.07) is 15.0. The molecule has 0 spiro atoms. The van der Waals surface area contributed by atoms with Crippen LogP contribution in [0.4, 0.5) is 10.5 Å². The van der Waals surface area contributed by atoms with E-state index < -0.39 is 12.0 Å². The number of amides is 2. The van der Waals surface area contributed by atoms with Crippen molar-refractivity contribution >= 4 is 17.7 Å². The summed E-state index contributed by atoms with van der Waals surface area (Å²) < 4.78 is 10.9. The fourth-order valence-corrected chi connectivity index (χ4v) is 4.48. The number of carbonyl (C=O) groups is 2. The van der Waals surface area contributed by atoms with Crippen molar-refractivity contribution in [2.24, 2.45) is 0 Å². The normalized spacial score (nSPS) is 18.9. The average molecular weight is 465 g/mol. The van der Waals surface area contributed by atoms with E-state index >= 15 is 0 Å². The Morgan fingerprint density at radius 1 is 1.06 bits per heavy atom. The van der Waals surface area contributed by atoms with Crippen LogP contribution < -0.4 is 20.3 Å². The number of esters is 1. The summed E-state index contributed by atoms with van der Waals surface area (Å²) in [4.78, 5) is 30.1. The smallest absolute Gasteiger partial charge is 0.338 e. The summed E-state index contributed by atoms with van der Waals surface area (Å²) in [6.07, 6.45) is 0. The molecule has 1 atom stereocenters. The molecular formula is C26H32N4O4. The molecule has 2 aromatic rings. The molecule has 2 aromatic carbocycles. The minimum Gasteiger partial charge on any atom is -0.494 e. The van der Waals surface area contributed by atoms with E-state index in [4.69, 9.17) is 9.47 Å². The Hall–Kier alpha value is -3.52. The molecule has 8 nitrogen and oxygen atoms in total. The van der Waals surface area contributed by atoms with E-state index in [1.165, 1.54) is 18.4 Å². The molecule has 0 aromatic heterocycles. The summed E-state index contributed by atoms with van der Waals surface area (Å²) in [5, 5.41) is 5.74. The van der Waals surface area contributed by atoms with Gasteiger partial charge in [-0.25, -0.2) is 9.59 Å². The first-order valence-electron chi connectivity index (χ1n) is 11.6. The van der Waals surface area contributed by atoms with Crippen molar-refractivity contribution in [2.45, 2.75) is 19.9 Å². The second kappa shape index (κ2) is 10.6. The van der Waals surface area contributed by atoms with Gasteiger partial charge in [0.2, 0.25) is 0 Å². The maximum Gasteiger partial charge on any atom is 0.338 e. The van der Waals surface area contributed by atoms with Crippen molar-refractivity contribution in [1.29, 1.82) is 0 Å². The van der Waals surface area contributed by atoms with E-state index in [2.05, 4.69) is 51.6 Å². The Bertz CT molecular complexity index is 1060. The molecule has 4 rings (SSSR count). The predicted octanol–water partition coefficient (Wildman–Crippen LogP) is 3.00. The maximum absolute atomic E-state index is 12.9.